The Morgan fingerprint density at radius 2 is 1.76 bits per heavy atom. The summed E-state index contributed by atoms with van der Waals surface area (Å²) in [4.78, 5) is 54.3. The number of esters is 1. The molecule has 2 aliphatic heterocycles. The molecule has 2 aliphatic rings. The van der Waals surface area contributed by atoms with Gasteiger partial charge in [0.25, 0.3) is 0 Å². The maximum atomic E-state index is 13.7. The molecule has 0 radical (unpaired) electrons. The average Bonchev–Trinajstić information content (AvgIpc) is 3.37. The molecule has 0 aliphatic carbocycles. The third-order valence-electron chi connectivity index (χ3n) is 6.18. The van der Waals surface area contributed by atoms with Crippen molar-refractivity contribution in [2.24, 2.45) is 5.92 Å². The van der Waals surface area contributed by atoms with Crippen molar-refractivity contribution in [2.75, 3.05) is 18.1 Å². The van der Waals surface area contributed by atoms with Gasteiger partial charge < -0.3 is 14.5 Å². The Morgan fingerprint density at radius 1 is 1.05 bits per heavy atom. The lowest BCUT2D eigenvalue weighted by Gasteiger charge is -2.29. The third kappa shape index (κ3) is 4.60. The Balaban J connectivity index is 1.52. The van der Waals surface area contributed by atoms with Crippen molar-refractivity contribution in [3.63, 3.8) is 0 Å². The summed E-state index contributed by atoms with van der Waals surface area (Å²) in [6.07, 6.45) is -4.78. The Labute approximate surface area is 221 Å². The highest BCUT2D eigenvalue weighted by Crippen LogP contribution is 2.54. The molecule has 2 aromatic carbocycles. The number of carbonyl (C=O) groups is 3. The molecule has 0 bridgehead atoms. The van der Waals surface area contributed by atoms with Crippen LogP contribution in [0.25, 0.3) is 0 Å². The number of thioether (sulfide) groups is 1. The number of aromatic nitrogens is 1. The molecular weight excluding hydrogens is 545 g/mol. The molecule has 0 saturated carbocycles. The number of carbonyl (C=O) groups excluding carboxylic acids is 3. The van der Waals surface area contributed by atoms with Crippen LogP contribution in [0.4, 0.5) is 18.9 Å². The number of nitrogens with zero attached hydrogens (tertiary/aromatic N) is 1. The molecule has 3 atom stereocenters. The molecule has 3 heterocycles. The van der Waals surface area contributed by atoms with E-state index in [1.54, 1.807) is 31.2 Å². The summed E-state index contributed by atoms with van der Waals surface area (Å²) in [5, 5.41) is -0.632. The Bertz CT molecular complexity index is 1470. The second kappa shape index (κ2) is 9.95. The van der Waals surface area contributed by atoms with E-state index in [9.17, 15) is 32.3 Å². The van der Waals surface area contributed by atoms with E-state index in [0.717, 1.165) is 35.2 Å². The van der Waals surface area contributed by atoms with Crippen molar-refractivity contribution in [2.45, 2.75) is 29.3 Å². The number of ether oxygens (including phenoxy) is 2. The minimum Gasteiger partial charge on any atom is -0.482 e. The number of fused-ring (bicyclic) bond motifs is 2. The quantitative estimate of drug-likeness (QED) is 0.354. The van der Waals surface area contributed by atoms with E-state index in [1.807, 2.05) is 0 Å². The SMILES string of the molecule is CCOC(=O)COc1ccc([C@@H]2c3sc(=O)[nH]c3S[C@H]3C(=O)N(c4ccccc4C(F)(F)F)C(=O)[C@@H]23)cc1. The third-order valence-corrected chi connectivity index (χ3v) is 8.58. The molecular formula is C25H19F3N2O6S2. The van der Waals surface area contributed by atoms with E-state index in [2.05, 4.69) is 4.98 Å². The fourth-order valence-electron chi connectivity index (χ4n) is 4.64. The van der Waals surface area contributed by atoms with Gasteiger partial charge in [-0.1, -0.05) is 47.4 Å². The van der Waals surface area contributed by atoms with Crippen molar-refractivity contribution < 1.29 is 37.0 Å². The second-order valence-corrected chi connectivity index (χ2v) is 10.6. The summed E-state index contributed by atoms with van der Waals surface area (Å²) in [6.45, 7) is 1.58. The predicted octanol–water partition coefficient (Wildman–Crippen LogP) is 4.19. The van der Waals surface area contributed by atoms with Crippen LogP contribution in [0.15, 0.2) is 58.4 Å². The summed E-state index contributed by atoms with van der Waals surface area (Å²) in [5.74, 6) is -3.56. The van der Waals surface area contributed by atoms with E-state index in [0.29, 0.717) is 26.1 Å². The van der Waals surface area contributed by atoms with Crippen LogP contribution in [-0.2, 0) is 25.3 Å². The normalized spacial score (nSPS) is 20.7. The fourth-order valence-corrected chi connectivity index (χ4v) is 7.15. The van der Waals surface area contributed by atoms with Crippen molar-refractivity contribution >= 4 is 46.6 Å². The lowest BCUT2D eigenvalue weighted by molar-refractivity contribution is -0.145. The second-order valence-electron chi connectivity index (χ2n) is 8.44. The molecule has 5 rings (SSSR count). The largest absolute Gasteiger partial charge is 0.482 e. The summed E-state index contributed by atoms with van der Waals surface area (Å²) in [5.41, 5.74) is -1.05. The molecule has 1 fully saturated rings. The Hall–Kier alpha value is -3.58. The number of benzene rings is 2. The average molecular weight is 565 g/mol. The van der Waals surface area contributed by atoms with Gasteiger partial charge in [-0.05, 0) is 36.8 Å². The van der Waals surface area contributed by atoms with Gasteiger partial charge in [0.05, 0.1) is 28.8 Å². The molecule has 0 unspecified atom stereocenters. The number of imide groups is 1. The smallest absolute Gasteiger partial charge is 0.418 e. The molecule has 13 heteroatoms. The number of amides is 2. The number of aromatic amines is 1. The van der Waals surface area contributed by atoms with Gasteiger partial charge in [-0.25, -0.2) is 9.69 Å². The van der Waals surface area contributed by atoms with Crippen LogP contribution in [-0.4, -0.2) is 41.2 Å². The van der Waals surface area contributed by atoms with Gasteiger partial charge in [-0.2, -0.15) is 13.2 Å². The number of hydrogen-bond donors (Lipinski definition) is 1. The van der Waals surface area contributed by atoms with Gasteiger partial charge in [-0.3, -0.25) is 14.4 Å². The van der Waals surface area contributed by atoms with Crippen LogP contribution in [0.2, 0.25) is 0 Å². The molecule has 3 aromatic rings. The number of para-hydroxylation sites is 1. The van der Waals surface area contributed by atoms with Gasteiger partial charge in [0, 0.05) is 10.8 Å². The zero-order valence-corrected chi connectivity index (χ0v) is 21.2. The van der Waals surface area contributed by atoms with Gasteiger partial charge in [0.2, 0.25) is 11.8 Å². The summed E-state index contributed by atoms with van der Waals surface area (Å²) < 4.78 is 51.5. The first-order valence-electron chi connectivity index (χ1n) is 11.4. The Kier molecular flexibility index (Phi) is 6.82. The van der Waals surface area contributed by atoms with Crippen LogP contribution in [0.1, 0.15) is 28.8 Å². The Morgan fingerprint density at radius 3 is 2.45 bits per heavy atom. The number of thiazole rings is 1. The maximum Gasteiger partial charge on any atom is 0.418 e. The first-order chi connectivity index (χ1) is 18.1. The zero-order chi connectivity index (χ0) is 27.2. The highest BCUT2D eigenvalue weighted by molar-refractivity contribution is 8.00. The lowest BCUT2D eigenvalue weighted by Crippen LogP contribution is -2.33. The highest BCUT2D eigenvalue weighted by Gasteiger charge is 2.57. The van der Waals surface area contributed by atoms with Crippen LogP contribution >= 0.6 is 23.1 Å². The summed E-state index contributed by atoms with van der Waals surface area (Å²) in [7, 11) is 0. The molecule has 1 N–H and O–H groups in total. The van der Waals surface area contributed by atoms with E-state index in [-0.39, 0.29) is 18.1 Å². The van der Waals surface area contributed by atoms with Gasteiger partial charge in [0.1, 0.15) is 11.0 Å². The number of alkyl halides is 3. The van der Waals surface area contributed by atoms with E-state index >= 15 is 0 Å². The number of halogens is 3. The van der Waals surface area contributed by atoms with E-state index in [1.165, 1.54) is 12.1 Å². The van der Waals surface area contributed by atoms with Gasteiger partial charge >= 0.3 is 17.0 Å². The van der Waals surface area contributed by atoms with Crippen molar-refractivity contribution in [3.8, 4) is 5.75 Å². The topological polar surface area (TPSA) is 106 Å². The van der Waals surface area contributed by atoms with Crippen molar-refractivity contribution in [1.29, 1.82) is 0 Å². The predicted molar refractivity (Wildman–Crippen MR) is 132 cm³/mol. The van der Waals surface area contributed by atoms with Crippen LogP contribution in [0.3, 0.4) is 0 Å². The molecule has 38 heavy (non-hydrogen) atoms. The molecule has 0 spiro atoms. The number of hydrogen-bond acceptors (Lipinski definition) is 8. The van der Waals surface area contributed by atoms with Gasteiger partial charge in [0.15, 0.2) is 6.61 Å². The number of H-pyrrole nitrogens is 1. The minimum atomic E-state index is -4.78. The molecule has 198 valence electrons. The highest BCUT2D eigenvalue weighted by atomic mass is 32.2. The van der Waals surface area contributed by atoms with Gasteiger partial charge in [-0.15, -0.1) is 0 Å². The summed E-state index contributed by atoms with van der Waals surface area (Å²) >= 11 is 1.86. The van der Waals surface area contributed by atoms with Crippen LogP contribution < -0.4 is 14.5 Å². The molecule has 1 aromatic heterocycles. The van der Waals surface area contributed by atoms with Crippen LogP contribution in [0.5, 0.6) is 5.75 Å². The van der Waals surface area contributed by atoms with Crippen LogP contribution in [0, 0.1) is 5.92 Å². The molecule has 2 amide bonds. The number of nitrogens with one attached hydrogen (secondary N) is 1. The maximum absolute atomic E-state index is 13.7. The molecule has 8 nitrogen and oxygen atoms in total. The minimum absolute atomic E-state index is 0.211. The summed E-state index contributed by atoms with van der Waals surface area (Å²) in [6, 6.07) is 10.9. The van der Waals surface area contributed by atoms with Crippen molar-refractivity contribution in [3.05, 3.63) is 74.2 Å². The zero-order valence-electron chi connectivity index (χ0n) is 19.6. The standard InChI is InChI=1S/C25H19F3N2O6S2/c1-2-35-16(31)11-36-13-9-7-12(8-10-13)17-18-20(37-21-19(17)38-24(34)29-21)23(33)30(22(18)32)15-6-4-3-5-14(15)25(26,27)28/h3-10,17-18,20H,2,11H2,1H3,(H,29,34)/t17-,18-,20+/m0/s1. The monoisotopic (exact) mass is 564 g/mol. The van der Waals surface area contributed by atoms with E-state index in [4.69, 9.17) is 9.47 Å². The number of rotatable bonds is 6. The van der Waals surface area contributed by atoms with E-state index < -0.39 is 52.3 Å². The molecule has 1 saturated heterocycles. The lowest BCUT2D eigenvalue weighted by atomic mass is 9.83. The number of anilines is 1. The first-order valence-corrected chi connectivity index (χ1v) is 13.1. The fraction of sp³-hybridized carbons (Fsp3) is 0.280. The first kappa shape index (κ1) is 26.0. The van der Waals surface area contributed by atoms with Crippen molar-refractivity contribution in [1.82, 2.24) is 4.98 Å².